The van der Waals surface area contributed by atoms with Crippen molar-refractivity contribution in [3.05, 3.63) is 11.6 Å². The number of unbranched alkanes of at least 4 members (excludes halogenated alkanes) is 1. The van der Waals surface area contributed by atoms with E-state index in [2.05, 4.69) is 18.0 Å². The van der Waals surface area contributed by atoms with Gasteiger partial charge in [-0.05, 0) is 44.4 Å². The van der Waals surface area contributed by atoms with E-state index in [4.69, 9.17) is 10.2 Å². The molecule has 0 atom stereocenters. The summed E-state index contributed by atoms with van der Waals surface area (Å²) in [4.78, 5) is 17.9. The van der Waals surface area contributed by atoms with Gasteiger partial charge >= 0.3 is 0 Å². The van der Waals surface area contributed by atoms with Crippen LogP contribution < -0.4 is 10.6 Å². The highest BCUT2D eigenvalue weighted by Gasteiger charge is 2.31. The van der Waals surface area contributed by atoms with Crippen molar-refractivity contribution in [1.82, 2.24) is 4.98 Å². The third-order valence-electron chi connectivity index (χ3n) is 6.08. The Hall–Kier alpha value is -2.03. The van der Waals surface area contributed by atoms with E-state index >= 15 is 0 Å². The summed E-state index contributed by atoms with van der Waals surface area (Å²) >= 11 is 0. The van der Waals surface area contributed by atoms with Crippen molar-refractivity contribution >= 4 is 11.8 Å². The Morgan fingerprint density at radius 1 is 1.27 bits per heavy atom. The maximum atomic E-state index is 11.3. The molecule has 1 aliphatic carbocycles. The van der Waals surface area contributed by atoms with E-state index in [1.807, 2.05) is 4.90 Å². The lowest BCUT2D eigenvalue weighted by atomic mass is 9.80. The Balaban J connectivity index is 1.63. The molecule has 2 N–H and O–H groups in total. The number of hydrogen-bond donors (Lipinski definition) is 1. The van der Waals surface area contributed by atoms with Crippen molar-refractivity contribution < 1.29 is 9.21 Å². The summed E-state index contributed by atoms with van der Waals surface area (Å²) in [7, 11) is 0. The van der Waals surface area contributed by atoms with Crippen molar-refractivity contribution in [2.24, 2.45) is 17.6 Å². The van der Waals surface area contributed by atoms with Crippen LogP contribution in [0.3, 0.4) is 0 Å². The number of carbonyl (C=O) groups excluding carboxylic acids is 1. The van der Waals surface area contributed by atoms with Crippen molar-refractivity contribution in [1.29, 1.82) is 5.26 Å². The highest BCUT2D eigenvalue weighted by Crippen LogP contribution is 2.39. The highest BCUT2D eigenvalue weighted by atomic mass is 16.4. The zero-order valence-electron chi connectivity index (χ0n) is 15.7. The molecule has 3 rings (SSSR count). The van der Waals surface area contributed by atoms with Gasteiger partial charge in [0.2, 0.25) is 23.4 Å². The van der Waals surface area contributed by atoms with Crippen LogP contribution in [-0.2, 0) is 4.79 Å². The molecule has 6 heteroatoms. The molecule has 26 heavy (non-hydrogen) atoms. The topological polar surface area (TPSA) is 96.1 Å². The SMILES string of the molecule is CCCCC1CCC(c2nc(C#N)c(N3CCC(C(N)=O)CC3)o2)CC1. The molecule has 1 amide bonds. The molecule has 0 unspecified atom stereocenters. The molecule has 2 heterocycles. The molecule has 2 fully saturated rings. The molecule has 1 aromatic heterocycles. The zero-order chi connectivity index (χ0) is 18.5. The molecule has 2 aliphatic rings. The number of primary amides is 1. The third-order valence-corrected chi connectivity index (χ3v) is 6.08. The summed E-state index contributed by atoms with van der Waals surface area (Å²) in [6, 6.07) is 2.18. The normalized spacial score (nSPS) is 24.4. The molecule has 0 spiro atoms. The van der Waals surface area contributed by atoms with Crippen molar-refractivity contribution in [3.63, 3.8) is 0 Å². The number of amides is 1. The minimum atomic E-state index is -0.233. The van der Waals surface area contributed by atoms with Crippen molar-refractivity contribution in [2.45, 2.75) is 70.6 Å². The van der Waals surface area contributed by atoms with Crippen LogP contribution in [0.1, 0.15) is 82.2 Å². The van der Waals surface area contributed by atoms with Crippen LogP contribution in [0.25, 0.3) is 0 Å². The van der Waals surface area contributed by atoms with Crippen molar-refractivity contribution in [2.75, 3.05) is 18.0 Å². The predicted octanol–water partition coefficient (Wildman–Crippen LogP) is 3.71. The first-order chi connectivity index (χ1) is 12.6. The van der Waals surface area contributed by atoms with Gasteiger partial charge in [-0.25, -0.2) is 4.98 Å². The van der Waals surface area contributed by atoms with Crippen LogP contribution in [-0.4, -0.2) is 24.0 Å². The minimum absolute atomic E-state index is 0.0717. The summed E-state index contributed by atoms with van der Waals surface area (Å²) in [6.07, 6.45) is 9.99. The van der Waals surface area contributed by atoms with Crippen LogP contribution in [0, 0.1) is 23.2 Å². The molecular weight excluding hydrogens is 328 g/mol. The number of carbonyl (C=O) groups is 1. The quantitative estimate of drug-likeness (QED) is 0.836. The van der Waals surface area contributed by atoms with Crippen LogP contribution in [0.4, 0.5) is 5.88 Å². The third kappa shape index (κ3) is 4.20. The van der Waals surface area contributed by atoms with E-state index in [-0.39, 0.29) is 11.8 Å². The number of nitrogens with two attached hydrogens (primary N) is 1. The molecule has 142 valence electrons. The number of rotatable bonds is 6. The number of nitrogens with zero attached hydrogens (tertiary/aromatic N) is 3. The Morgan fingerprint density at radius 2 is 1.96 bits per heavy atom. The predicted molar refractivity (Wildman–Crippen MR) is 99.6 cm³/mol. The maximum Gasteiger partial charge on any atom is 0.234 e. The lowest BCUT2D eigenvalue weighted by molar-refractivity contribution is -0.122. The summed E-state index contributed by atoms with van der Waals surface area (Å²) in [5.74, 6) is 2.17. The Bertz CT molecular complexity index is 647. The van der Waals surface area contributed by atoms with Crippen LogP contribution in [0.15, 0.2) is 4.42 Å². The first-order valence-electron chi connectivity index (χ1n) is 10.1. The van der Waals surface area contributed by atoms with Crippen LogP contribution in [0.2, 0.25) is 0 Å². The first-order valence-corrected chi connectivity index (χ1v) is 10.1. The van der Waals surface area contributed by atoms with Gasteiger partial charge in [-0.3, -0.25) is 4.79 Å². The molecule has 0 radical (unpaired) electrons. The van der Waals surface area contributed by atoms with Gasteiger partial charge in [-0.15, -0.1) is 0 Å². The molecule has 1 saturated carbocycles. The average molecular weight is 358 g/mol. The van der Waals surface area contributed by atoms with Gasteiger partial charge in [-0.1, -0.05) is 26.2 Å². The number of oxazole rings is 1. The zero-order valence-corrected chi connectivity index (χ0v) is 15.7. The first kappa shape index (κ1) is 18.8. The van der Waals surface area contributed by atoms with E-state index in [9.17, 15) is 10.1 Å². The fourth-order valence-electron chi connectivity index (χ4n) is 4.35. The van der Waals surface area contributed by atoms with E-state index < -0.39 is 0 Å². The smallest absolute Gasteiger partial charge is 0.234 e. The van der Waals surface area contributed by atoms with Crippen LogP contribution in [0.5, 0.6) is 0 Å². The van der Waals surface area contributed by atoms with Gasteiger partial charge in [0.05, 0.1) is 0 Å². The van der Waals surface area contributed by atoms with Gasteiger partial charge in [0, 0.05) is 24.9 Å². The molecule has 0 aromatic carbocycles. The molecular formula is C20H30N4O2. The second-order valence-corrected chi connectivity index (χ2v) is 7.84. The second kappa shape index (κ2) is 8.57. The standard InChI is InChI=1S/C20H30N4O2/c1-2-3-4-14-5-7-16(8-6-14)19-23-17(13-21)20(26-19)24-11-9-15(10-12-24)18(22)25/h14-16H,2-12H2,1H3,(H2,22,25). The van der Waals surface area contributed by atoms with Gasteiger partial charge in [0.1, 0.15) is 6.07 Å². The van der Waals surface area contributed by atoms with Crippen LogP contribution >= 0.6 is 0 Å². The molecule has 1 saturated heterocycles. The van der Waals surface area contributed by atoms with Gasteiger partial charge in [0.15, 0.2) is 0 Å². The largest absolute Gasteiger partial charge is 0.423 e. The summed E-state index contributed by atoms with van der Waals surface area (Å²) < 4.78 is 6.07. The van der Waals surface area contributed by atoms with Gasteiger partial charge in [0.25, 0.3) is 0 Å². The number of aromatic nitrogens is 1. The second-order valence-electron chi connectivity index (χ2n) is 7.84. The average Bonchev–Trinajstić information content (AvgIpc) is 3.11. The van der Waals surface area contributed by atoms with E-state index in [0.717, 1.165) is 24.7 Å². The lowest BCUT2D eigenvalue weighted by Crippen LogP contribution is -2.38. The number of piperidine rings is 1. The fraction of sp³-hybridized carbons (Fsp3) is 0.750. The molecule has 0 bridgehead atoms. The summed E-state index contributed by atoms with van der Waals surface area (Å²) in [5, 5.41) is 9.47. The summed E-state index contributed by atoms with van der Waals surface area (Å²) in [5.41, 5.74) is 5.79. The lowest BCUT2D eigenvalue weighted by Gasteiger charge is -2.30. The minimum Gasteiger partial charge on any atom is -0.423 e. The number of nitriles is 1. The highest BCUT2D eigenvalue weighted by molar-refractivity contribution is 5.77. The molecule has 6 nitrogen and oxygen atoms in total. The van der Waals surface area contributed by atoms with Crippen molar-refractivity contribution in [3.8, 4) is 6.07 Å². The molecule has 1 aliphatic heterocycles. The Labute approximate surface area is 155 Å². The fourth-order valence-corrected chi connectivity index (χ4v) is 4.35. The van der Waals surface area contributed by atoms with Gasteiger partial charge in [-0.2, -0.15) is 5.26 Å². The van der Waals surface area contributed by atoms with E-state index in [0.29, 0.717) is 43.4 Å². The van der Waals surface area contributed by atoms with Gasteiger partial charge < -0.3 is 15.1 Å². The Kier molecular flexibility index (Phi) is 6.18. The monoisotopic (exact) mass is 358 g/mol. The van der Waals surface area contributed by atoms with E-state index in [1.165, 1.54) is 32.1 Å². The maximum absolute atomic E-state index is 11.3. The summed E-state index contributed by atoms with van der Waals surface area (Å²) in [6.45, 7) is 3.61. The Morgan fingerprint density at radius 3 is 2.54 bits per heavy atom. The number of anilines is 1. The number of hydrogen-bond acceptors (Lipinski definition) is 5. The molecule has 1 aromatic rings. The van der Waals surface area contributed by atoms with E-state index in [1.54, 1.807) is 0 Å².